The van der Waals surface area contributed by atoms with Gasteiger partial charge < -0.3 is 15.5 Å². The van der Waals surface area contributed by atoms with Gasteiger partial charge in [-0.05, 0) is 12.1 Å². The lowest BCUT2D eigenvalue weighted by Crippen LogP contribution is -2.22. The molecule has 0 amide bonds. The third kappa shape index (κ3) is 2.86. The van der Waals surface area contributed by atoms with E-state index in [1.165, 1.54) is 0 Å². The molecule has 0 aliphatic carbocycles. The fourth-order valence-corrected chi connectivity index (χ4v) is 1.73. The second-order valence-electron chi connectivity index (χ2n) is 3.51. The number of anilines is 2. The van der Waals surface area contributed by atoms with Crippen LogP contribution in [0.25, 0.3) is 11.1 Å². The number of hydrogen-bond donors (Lipinski definition) is 3. The van der Waals surface area contributed by atoms with Crippen molar-refractivity contribution in [2.75, 3.05) is 23.3 Å². The molecule has 1 aromatic carbocycles. The minimum Gasteiger partial charge on any atom is -0.423 e. The van der Waals surface area contributed by atoms with Crippen LogP contribution in [-0.4, -0.2) is 25.7 Å². The number of benzene rings is 1. The summed E-state index contributed by atoms with van der Waals surface area (Å²) < 4.78 is 26.8. The number of sulfonamides is 1. The number of rotatable bonds is 4. The molecule has 2 aromatic rings. The number of fused-ring (bicyclic) bond motifs is 1. The normalized spacial score (nSPS) is 11.8. The van der Waals surface area contributed by atoms with Gasteiger partial charge in [-0.15, -0.1) is 0 Å². The third-order valence-electron chi connectivity index (χ3n) is 2.11. The molecule has 7 nitrogen and oxygen atoms in total. The van der Waals surface area contributed by atoms with Crippen LogP contribution < -0.4 is 16.2 Å². The van der Waals surface area contributed by atoms with E-state index in [1.807, 2.05) is 0 Å². The van der Waals surface area contributed by atoms with Crippen LogP contribution in [0.3, 0.4) is 0 Å². The molecule has 1 heterocycles. The van der Waals surface area contributed by atoms with Gasteiger partial charge in [0.05, 0.1) is 11.4 Å². The van der Waals surface area contributed by atoms with Crippen LogP contribution in [0.2, 0.25) is 0 Å². The van der Waals surface area contributed by atoms with Crippen molar-refractivity contribution in [2.45, 2.75) is 0 Å². The minimum absolute atomic E-state index is 0.131. The average molecular weight is 256 g/mol. The molecule has 0 unspecified atom stereocenters. The summed E-state index contributed by atoms with van der Waals surface area (Å²) in [5.74, 6) is -0.193. The molecule has 92 valence electrons. The zero-order chi connectivity index (χ0) is 12.5. The third-order valence-corrected chi connectivity index (χ3v) is 2.89. The van der Waals surface area contributed by atoms with Gasteiger partial charge in [-0.25, -0.2) is 13.6 Å². The Morgan fingerprint density at radius 3 is 2.82 bits per heavy atom. The molecule has 2 rings (SSSR count). The highest BCUT2D eigenvalue weighted by Crippen LogP contribution is 2.23. The summed E-state index contributed by atoms with van der Waals surface area (Å²) in [6.07, 6.45) is 0. The van der Waals surface area contributed by atoms with Crippen molar-refractivity contribution in [1.82, 2.24) is 4.98 Å². The van der Waals surface area contributed by atoms with Crippen molar-refractivity contribution < 1.29 is 12.8 Å². The van der Waals surface area contributed by atoms with Gasteiger partial charge in [0.15, 0.2) is 5.58 Å². The molecule has 0 aliphatic rings. The van der Waals surface area contributed by atoms with Gasteiger partial charge in [0, 0.05) is 6.54 Å². The lowest BCUT2D eigenvalue weighted by atomic mass is 10.3. The maximum atomic E-state index is 10.7. The van der Waals surface area contributed by atoms with E-state index >= 15 is 0 Å². The molecule has 0 radical (unpaired) electrons. The second kappa shape index (κ2) is 4.22. The monoisotopic (exact) mass is 256 g/mol. The molecule has 5 N–H and O–H groups in total. The number of nitrogens with one attached hydrogen (secondary N) is 1. The number of oxazole rings is 1. The van der Waals surface area contributed by atoms with Crippen LogP contribution in [0.1, 0.15) is 0 Å². The fraction of sp³-hybridized carbons (Fsp3) is 0.222. The highest BCUT2D eigenvalue weighted by atomic mass is 32.2. The summed E-state index contributed by atoms with van der Waals surface area (Å²) in [6.45, 7) is 0.131. The lowest BCUT2D eigenvalue weighted by molar-refractivity contribution is 0.596. The SMILES string of the molecule is Nc1cccc2oc(NCCS(N)(=O)=O)nc12. The van der Waals surface area contributed by atoms with Gasteiger partial charge in [-0.3, -0.25) is 0 Å². The topological polar surface area (TPSA) is 124 Å². The van der Waals surface area contributed by atoms with E-state index in [1.54, 1.807) is 18.2 Å². The van der Waals surface area contributed by atoms with Gasteiger partial charge in [-0.1, -0.05) is 6.07 Å². The Bertz CT molecular complexity index is 635. The molecule has 1 aromatic heterocycles. The maximum Gasteiger partial charge on any atom is 0.295 e. The molecule has 8 heteroatoms. The fourth-order valence-electron chi connectivity index (χ4n) is 1.35. The number of nitrogen functional groups attached to an aromatic ring is 1. The van der Waals surface area contributed by atoms with Crippen molar-refractivity contribution in [3.63, 3.8) is 0 Å². The Balaban J connectivity index is 2.12. The number of para-hydroxylation sites is 1. The first-order valence-electron chi connectivity index (χ1n) is 4.85. The van der Waals surface area contributed by atoms with Crippen LogP contribution in [0.15, 0.2) is 22.6 Å². The van der Waals surface area contributed by atoms with Crippen LogP contribution in [0.4, 0.5) is 11.7 Å². The Morgan fingerprint density at radius 1 is 1.41 bits per heavy atom. The summed E-state index contributed by atoms with van der Waals surface area (Å²) in [7, 11) is -3.49. The molecular formula is C9H12N4O3S. The van der Waals surface area contributed by atoms with Gasteiger partial charge in [-0.2, -0.15) is 4.98 Å². The van der Waals surface area contributed by atoms with E-state index in [0.29, 0.717) is 16.8 Å². The first kappa shape index (κ1) is 11.7. The van der Waals surface area contributed by atoms with Crippen molar-refractivity contribution in [2.24, 2.45) is 5.14 Å². The van der Waals surface area contributed by atoms with Crippen molar-refractivity contribution in [3.05, 3.63) is 18.2 Å². The van der Waals surface area contributed by atoms with E-state index < -0.39 is 10.0 Å². The first-order valence-corrected chi connectivity index (χ1v) is 6.56. The smallest absolute Gasteiger partial charge is 0.295 e. The molecule has 0 fully saturated rings. The van der Waals surface area contributed by atoms with Gasteiger partial charge in [0.1, 0.15) is 5.52 Å². The van der Waals surface area contributed by atoms with E-state index in [-0.39, 0.29) is 18.3 Å². The van der Waals surface area contributed by atoms with Crippen LogP contribution in [-0.2, 0) is 10.0 Å². The molecule has 0 spiro atoms. The average Bonchev–Trinajstić information content (AvgIpc) is 2.60. The number of hydrogen-bond acceptors (Lipinski definition) is 6. The predicted molar refractivity (Wildman–Crippen MR) is 64.9 cm³/mol. The second-order valence-corrected chi connectivity index (χ2v) is 5.24. The molecule has 17 heavy (non-hydrogen) atoms. The number of nitrogens with zero attached hydrogens (tertiary/aromatic N) is 1. The first-order chi connectivity index (χ1) is 7.96. The van der Waals surface area contributed by atoms with Gasteiger partial charge in [0.2, 0.25) is 10.0 Å². The predicted octanol–water partition coefficient (Wildman–Crippen LogP) is 0.110. The molecule has 0 aliphatic heterocycles. The largest absolute Gasteiger partial charge is 0.423 e. The highest BCUT2D eigenvalue weighted by Gasteiger charge is 2.08. The Labute approximate surface area is 97.8 Å². The summed E-state index contributed by atoms with van der Waals surface area (Å²) in [6, 6.07) is 5.40. The van der Waals surface area contributed by atoms with Gasteiger partial charge in [0.25, 0.3) is 6.01 Å². The van der Waals surface area contributed by atoms with Crippen LogP contribution in [0.5, 0.6) is 0 Å². The van der Waals surface area contributed by atoms with Crippen molar-refractivity contribution in [3.8, 4) is 0 Å². The molecular weight excluding hydrogens is 244 g/mol. The zero-order valence-corrected chi connectivity index (χ0v) is 9.70. The lowest BCUT2D eigenvalue weighted by Gasteiger charge is -1.98. The Morgan fingerprint density at radius 2 is 2.18 bits per heavy atom. The van der Waals surface area contributed by atoms with E-state index in [4.69, 9.17) is 15.3 Å². The van der Waals surface area contributed by atoms with Gasteiger partial charge >= 0.3 is 0 Å². The maximum absolute atomic E-state index is 10.7. The molecule has 0 saturated carbocycles. The number of primary sulfonamides is 1. The molecule has 0 atom stereocenters. The quantitative estimate of drug-likeness (QED) is 0.667. The Kier molecular flexibility index (Phi) is 2.90. The molecule has 0 bridgehead atoms. The van der Waals surface area contributed by atoms with Crippen LogP contribution >= 0.6 is 0 Å². The minimum atomic E-state index is -3.49. The summed E-state index contributed by atoms with van der Waals surface area (Å²) in [5.41, 5.74) is 7.30. The summed E-state index contributed by atoms with van der Waals surface area (Å²) in [4.78, 5) is 4.09. The van der Waals surface area contributed by atoms with E-state index in [2.05, 4.69) is 10.3 Å². The number of aromatic nitrogens is 1. The standard InChI is InChI=1S/C9H12N4O3S/c10-6-2-1-3-7-8(6)13-9(16-7)12-4-5-17(11,14)15/h1-3H,4-5,10H2,(H,12,13)(H2,11,14,15). The number of nitrogens with two attached hydrogens (primary N) is 2. The zero-order valence-electron chi connectivity index (χ0n) is 8.88. The summed E-state index contributed by atoms with van der Waals surface area (Å²) >= 11 is 0. The van der Waals surface area contributed by atoms with Crippen molar-refractivity contribution in [1.29, 1.82) is 0 Å². The highest BCUT2D eigenvalue weighted by molar-refractivity contribution is 7.89. The van der Waals surface area contributed by atoms with Crippen molar-refractivity contribution >= 4 is 32.8 Å². The Hall–Kier alpha value is -1.80. The van der Waals surface area contributed by atoms with Crippen LogP contribution in [0, 0.1) is 0 Å². The van der Waals surface area contributed by atoms with E-state index in [9.17, 15) is 8.42 Å². The van der Waals surface area contributed by atoms with E-state index in [0.717, 1.165) is 0 Å². The molecule has 0 saturated heterocycles. The summed E-state index contributed by atoms with van der Waals surface area (Å²) in [5, 5.41) is 7.59.